The average Bonchev–Trinajstić information content (AvgIpc) is 2.92. The number of nitrogens with one attached hydrogen (secondary N) is 1. The molecule has 0 aliphatic rings. The van der Waals surface area contributed by atoms with Crippen LogP contribution in [0.3, 0.4) is 0 Å². The zero-order chi connectivity index (χ0) is 13.8. The van der Waals surface area contributed by atoms with Gasteiger partial charge in [0.15, 0.2) is 0 Å². The van der Waals surface area contributed by atoms with Crippen molar-refractivity contribution in [1.29, 1.82) is 0 Å². The van der Waals surface area contributed by atoms with Crippen molar-refractivity contribution >= 4 is 5.95 Å². The van der Waals surface area contributed by atoms with E-state index in [2.05, 4.69) is 39.2 Å². The second-order valence-electron chi connectivity index (χ2n) is 4.51. The highest BCUT2D eigenvalue weighted by Gasteiger charge is 2.14. The minimum atomic E-state index is 0.0255. The van der Waals surface area contributed by atoms with Crippen LogP contribution in [0.2, 0.25) is 0 Å². The molecule has 19 heavy (non-hydrogen) atoms. The van der Waals surface area contributed by atoms with Crippen LogP contribution in [0.5, 0.6) is 6.01 Å². The molecule has 0 radical (unpaired) electrons. The zero-order valence-electron chi connectivity index (χ0n) is 11.5. The number of nitrogens with zero attached hydrogens (tertiary/aromatic N) is 5. The van der Waals surface area contributed by atoms with Crippen molar-refractivity contribution in [3.05, 3.63) is 18.5 Å². The van der Waals surface area contributed by atoms with Crippen LogP contribution in [0.4, 0.5) is 5.95 Å². The van der Waals surface area contributed by atoms with Crippen LogP contribution in [0.25, 0.3) is 5.95 Å². The highest BCUT2D eigenvalue weighted by atomic mass is 16.5. The van der Waals surface area contributed by atoms with E-state index < -0.39 is 0 Å². The zero-order valence-corrected chi connectivity index (χ0v) is 11.5. The lowest BCUT2D eigenvalue weighted by molar-refractivity contribution is 0.155. The fourth-order valence-electron chi connectivity index (χ4n) is 1.30. The number of hydrogen-bond donors (Lipinski definition) is 1. The van der Waals surface area contributed by atoms with E-state index in [4.69, 9.17) is 4.74 Å². The molecule has 1 N–H and O–H groups in total. The number of aromatic nitrogens is 5. The molecule has 2 heterocycles. The molecule has 0 aliphatic heterocycles. The molecule has 0 fully saturated rings. The van der Waals surface area contributed by atoms with Crippen LogP contribution >= 0.6 is 0 Å². The van der Waals surface area contributed by atoms with Gasteiger partial charge in [-0.2, -0.15) is 20.1 Å². The molecule has 0 saturated carbocycles. The normalized spacial score (nSPS) is 12.5. The Balaban J connectivity index is 2.31. The lowest BCUT2D eigenvalue weighted by atomic mass is 10.1. The van der Waals surface area contributed by atoms with Gasteiger partial charge in [-0.3, -0.25) is 0 Å². The van der Waals surface area contributed by atoms with Crippen molar-refractivity contribution in [3.8, 4) is 12.0 Å². The highest BCUT2D eigenvalue weighted by molar-refractivity contribution is 5.29. The van der Waals surface area contributed by atoms with Crippen molar-refractivity contribution in [2.24, 2.45) is 5.92 Å². The quantitative estimate of drug-likeness (QED) is 0.880. The summed E-state index contributed by atoms with van der Waals surface area (Å²) in [5, 5.41) is 6.99. The van der Waals surface area contributed by atoms with E-state index >= 15 is 0 Å². The third-order valence-corrected chi connectivity index (χ3v) is 2.77. The molecule has 0 saturated heterocycles. The fraction of sp³-hybridized carbons (Fsp3) is 0.500. The van der Waals surface area contributed by atoms with Crippen molar-refractivity contribution < 1.29 is 4.74 Å². The molecule has 0 spiro atoms. The largest absolute Gasteiger partial charge is 0.460 e. The van der Waals surface area contributed by atoms with E-state index in [1.54, 1.807) is 30.2 Å². The first-order chi connectivity index (χ1) is 9.10. The van der Waals surface area contributed by atoms with Crippen LogP contribution in [-0.2, 0) is 0 Å². The van der Waals surface area contributed by atoms with Crippen LogP contribution in [0.1, 0.15) is 20.8 Å². The van der Waals surface area contributed by atoms with Crippen LogP contribution in [-0.4, -0.2) is 37.9 Å². The average molecular weight is 262 g/mol. The Morgan fingerprint density at radius 1 is 1.21 bits per heavy atom. The van der Waals surface area contributed by atoms with Crippen LogP contribution < -0.4 is 10.1 Å². The summed E-state index contributed by atoms with van der Waals surface area (Å²) in [6, 6.07) is 2.10. The van der Waals surface area contributed by atoms with E-state index in [1.807, 2.05) is 6.92 Å². The van der Waals surface area contributed by atoms with E-state index in [0.29, 0.717) is 23.8 Å². The van der Waals surface area contributed by atoms with Gasteiger partial charge in [0.05, 0.1) is 0 Å². The van der Waals surface area contributed by atoms with Crippen molar-refractivity contribution in [2.75, 3.05) is 12.4 Å². The lowest BCUT2D eigenvalue weighted by Crippen LogP contribution is -2.21. The first-order valence-electron chi connectivity index (χ1n) is 6.20. The van der Waals surface area contributed by atoms with Crippen LogP contribution in [0.15, 0.2) is 18.5 Å². The molecule has 7 heteroatoms. The molecule has 2 rings (SSSR count). The summed E-state index contributed by atoms with van der Waals surface area (Å²) < 4.78 is 7.28. The Labute approximate surface area is 112 Å². The summed E-state index contributed by atoms with van der Waals surface area (Å²) in [6.45, 7) is 6.15. The standard InChI is InChI=1S/C12H18N6O/c1-8(2)9(3)19-12-16-10(13-4)15-11(17-12)18-7-5-6-14-18/h5-9H,1-4H3,(H,13,15,16,17). The maximum absolute atomic E-state index is 5.71. The molecule has 7 nitrogen and oxygen atoms in total. The van der Waals surface area contributed by atoms with Crippen molar-refractivity contribution in [2.45, 2.75) is 26.9 Å². The molecule has 0 amide bonds. The molecule has 2 aromatic heterocycles. The van der Waals surface area contributed by atoms with Gasteiger partial charge in [-0.25, -0.2) is 4.68 Å². The van der Waals surface area contributed by atoms with Gasteiger partial charge in [-0.15, -0.1) is 0 Å². The van der Waals surface area contributed by atoms with Crippen molar-refractivity contribution in [1.82, 2.24) is 24.7 Å². The molecule has 0 aliphatic carbocycles. The van der Waals surface area contributed by atoms with E-state index in [1.165, 1.54) is 0 Å². The number of hydrogen-bond acceptors (Lipinski definition) is 6. The lowest BCUT2D eigenvalue weighted by Gasteiger charge is -2.16. The van der Waals surface area contributed by atoms with Gasteiger partial charge in [0.1, 0.15) is 6.10 Å². The maximum Gasteiger partial charge on any atom is 0.323 e. The van der Waals surface area contributed by atoms with Gasteiger partial charge < -0.3 is 10.1 Å². The molecule has 0 aromatic carbocycles. The summed E-state index contributed by atoms with van der Waals surface area (Å²) in [7, 11) is 1.75. The Bertz CT molecular complexity index is 525. The van der Waals surface area contributed by atoms with Gasteiger partial charge in [0.2, 0.25) is 5.95 Å². The smallest absolute Gasteiger partial charge is 0.323 e. The van der Waals surface area contributed by atoms with E-state index in [0.717, 1.165) is 0 Å². The number of anilines is 1. The Morgan fingerprint density at radius 3 is 2.58 bits per heavy atom. The molecular formula is C12H18N6O. The summed E-state index contributed by atoms with van der Waals surface area (Å²) in [5.41, 5.74) is 0. The summed E-state index contributed by atoms with van der Waals surface area (Å²) in [4.78, 5) is 12.7. The van der Waals surface area contributed by atoms with Gasteiger partial charge in [0, 0.05) is 19.4 Å². The number of ether oxygens (including phenoxy) is 1. The van der Waals surface area contributed by atoms with Gasteiger partial charge in [0.25, 0.3) is 5.95 Å². The molecule has 1 unspecified atom stereocenters. The third-order valence-electron chi connectivity index (χ3n) is 2.77. The third kappa shape index (κ3) is 3.18. The summed E-state index contributed by atoms with van der Waals surface area (Å²) in [5.74, 6) is 1.25. The van der Waals surface area contributed by atoms with E-state index in [-0.39, 0.29) is 6.10 Å². The van der Waals surface area contributed by atoms with Crippen molar-refractivity contribution in [3.63, 3.8) is 0 Å². The second kappa shape index (κ2) is 5.64. The van der Waals surface area contributed by atoms with Crippen LogP contribution in [0, 0.1) is 5.92 Å². The van der Waals surface area contributed by atoms with E-state index in [9.17, 15) is 0 Å². The number of rotatable bonds is 5. The first-order valence-corrected chi connectivity index (χ1v) is 6.20. The Morgan fingerprint density at radius 2 is 2.00 bits per heavy atom. The topological polar surface area (TPSA) is 77.8 Å². The molecule has 102 valence electrons. The Hall–Kier alpha value is -2.18. The molecule has 0 bridgehead atoms. The molecule has 1 atom stereocenters. The SMILES string of the molecule is CNc1nc(OC(C)C(C)C)nc(-n2cccn2)n1. The van der Waals surface area contributed by atoms with Gasteiger partial charge in [-0.05, 0) is 18.9 Å². The minimum Gasteiger partial charge on any atom is -0.460 e. The fourth-order valence-corrected chi connectivity index (χ4v) is 1.30. The maximum atomic E-state index is 5.71. The second-order valence-corrected chi connectivity index (χ2v) is 4.51. The predicted octanol–water partition coefficient (Wildman–Crippen LogP) is 1.52. The molecular weight excluding hydrogens is 244 g/mol. The van der Waals surface area contributed by atoms with Gasteiger partial charge in [-0.1, -0.05) is 13.8 Å². The predicted molar refractivity (Wildman–Crippen MR) is 71.4 cm³/mol. The monoisotopic (exact) mass is 262 g/mol. The first kappa shape index (κ1) is 13.3. The van der Waals surface area contributed by atoms with Gasteiger partial charge >= 0.3 is 6.01 Å². The summed E-state index contributed by atoms with van der Waals surface area (Å²) in [6.07, 6.45) is 3.46. The highest BCUT2D eigenvalue weighted by Crippen LogP contribution is 2.14. The minimum absolute atomic E-state index is 0.0255. The summed E-state index contributed by atoms with van der Waals surface area (Å²) >= 11 is 0. The Kier molecular flexibility index (Phi) is 3.94. The molecule has 2 aromatic rings.